The van der Waals surface area contributed by atoms with Gasteiger partial charge < -0.3 is 9.47 Å². The third kappa shape index (κ3) is 5.60. The Labute approximate surface area is 212 Å². The molecule has 0 fully saturated rings. The van der Waals surface area contributed by atoms with Crippen LogP contribution in [0.4, 0.5) is 0 Å². The van der Waals surface area contributed by atoms with Crippen molar-refractivity contribution in [1.82, 2.24) is 30.2 Å². The Morgan fingerprint density at radius 2 is 1.94 bits per heavy atom. The molecule has 0 saturated carbocycles. The third-order valence-electron chi connectivity index (χ3n) is 5.60. The van der Waals surface area contributed by atoms with Crippen molar-refractivity contribution >= 4 is 17.6 Å². The molecule has 2 aromatic carbocycles. The number of hydrogen-bond acceptors (Lipinski definition) is 8. The summed E-state index contributed by atoms with van der Waals surface area (Å²) in [6.45, 7) is 2.31. The Balaban J connectivity index is 1.60. The van der Waals surface area contributed by atoms with Crippen LogP contribution >= 0.6 is 11.6 Å². The summed E-state index contributed by atoms with van der Waals surface area (Å²) in [5, 5.41) is 14.5. The molecule has 0 amide bonds. The van der Waals surface area contributed by atoms with Gasteiger partial charge in [-0.1, -0.05) is 55.3 Å². The van der Waals surface area contributed by atoms with Crippen LogP contribution in [0.1, 0.15) is 59.0 Å². The summed E-state index contributed by atoms with van der Waals surface area (Å²) in [5.74, 6) is 0.871. The number of carbonyl (C=O) groups is 1. The van der Waals surface area contributed by atoms with Gasteiger partial charge in [-0.05, 0) is 40.6 Å². The lowest BCUT2D eigenvalue weighted by Crippen LogP contribution is -2.31. The first-order valence-corrected chi connectivity index (χ1v) is 11.8. The number of aromatic nitrogens is 6. The van der Waals surface area contributed by atoms with Crippen molar-refractivity contribution in [3.8, 4) is 5.75 Å². The normalized spacial score (nSPS) is 11.8. The van der Waals surface area contributed by atoms with Gasteiger partial charge in [-0.3, -0.25) is 9.36 Å². The first-order chi connectivity index (χ1) is 17.5. The maximum absolute atomic E-state index is 13.1. The fourth-order valence-electron chi connectivity index (χ4n) is 3.70. The summed E-state index contributed by atoms with van der Waals surface area (Å²) in [7, 11) is 1.24. The Morgan fingerprint density at radius 3 is 2.61 bits per heavy atom. The van der Waals surface area contributed by atoms with Crippen LogP contribution in [0.15, 0.2) is 59.5 Å². The van der Waals surface area contributed by atoms with Gasteiger partial charge in [0.05, 0.1) is 13.7 Å². The minimum absolute atomic E-state index is 0.0963. The summed E-state index contributed by atoms with van der Waals surface area (Å²) in [5.41, 5.74) is 1.02. The molecule has 0 aliphatic carbocycles. The molecule has 4 aromatic rings. The number of ether oxygens (including phenoxy) is 2. The SMILES string of the molecule is CCCCc1ncc(C(=O)OC)c(=O)n1Cc1ccc(OC(c2nnn[nH]2)c2ccccc2Cl)cc1. The molecule has 1 unspecified atom stereocenters. The van der Waals surface area contributed by atoms with Gasteiger partial charge in [0.25, 0.3) is 5.56 Å². The Kier molecular flexibility index (Phi) is 8.06. The molecule has 10 nitrogen and oxygen atoms in total. The number of nitrogens with zero attached hydrogens (tertiary/aromatic N) is 5. The van der Waals surface area contributed by atoms with E-state index in [0.717, 1.165) is 18.4 Å². The van der Waals surface area contributed by atoms with E-state index in [-0.39, 0.29) is 12.1 Å². The van der Waals surface area contributed by atoms with Crippen LogP contribution in [-0.4, -0.2) is 43.3 Å². The second kappa shape index (κ2) is 11.6. The second-order valence-electron chi connectivity index (χ2n) is 8.02. The fraction of sp³-hybridized carbons (Fsp3) is 0.280. The number of methoxy groups -OCH3 is 1. The highest BCUT2D eigenvalue weighted by Crippen LogP contribution is 2.31. The monoisotopic (exact) mass is 508 g/mol. The highest BCUT2D eigenvalue weighted by Gasteiger charge is 2.23. The molecule has 186 valence electrons. The van der Waals surface area contributed by atoms with Gasteiger partial charge in [0.15, 0.2) is 11.9 Å². The lowest BCUT2D eigenvalue weighted by Gasteiger charge is -2.18. The minimum Gasteiger partial charge on any atom is -0.478 e. The van der Waals surface area contributed by atoms with E-state index in [1.54, 1.807) is 18.2 Å². The van der Waals surface area contributed by atoms with E-state index < -0.39 is 17.6 Å². The number of nitrogens with one attached hydrogen (secondary N) is 1. The summed E-state index contributed by atoms with van der Waals surface area (Å²) >= 11 is 6.40. The van der Waals surface area contributed by atoms with Crippen LogP contribution in [0.5, 0.6) is 5.75 Å². The molecule has 1 atom stereocenters. The van der Waals surface area contributed by atoms with Crippen molar-refractivity contribution in [1.29, 1.82) is 0 Å². The van der Waals surface area contributed by atoms with Gasteiger partial charge in [-0.15, -0.1) is 5.10 Å². The molecular weight excluding hydrogens is 484 g/mol. The van der Waals surface area contributed by atoms with E-state index in [1.165, 1.54) is 17.9 Å². The average Bonchev–Trinajstić information content (AvgIpc) is 3.43. The van der Waals surface area contributed by atoms with Crippen LogP contribution in [0.25, 0.3) is 0 Å². The van der Waals surface area contributed by atoms with Crippen molar-refractivity contribution < 1.29 is 14.3 Å². The van der Waals surface area contributed by atoms with E-state index >= 15 is 0 Å². The smallest absolute Gasteiger partial charge is 0.345 e. The maximum atomic E-state index is 13.1. The Morgan fingerprint density at radius 1 is 1.17 bits per heavy atom. The van der Waals surface area contributed by atoms with Crippen molar-refractivity contribution in [2.45, 2.75) is 38.8 Å². The zero-order valence-corrected chi connectivity index (χ0v) is 20.6. The summed E-state index contributed by atoms with van der Waals surface area (Å²) < 4.78 is 12.5. The minimum atomic E-state index is -0.709. The second-order valence-corrected chi connectivity index (χ2v) is 8.43. The number of benzene rings is 2. The number of halogens is 1. The molecule has 36 heavy (non-hydrogen) atoms. The summed E-state index contributed by atoms with van der Waals surface area (Å²) in [6, 6.07) is 14.6. The lowest BCUT2D eigenvalue weighted by atomic mass is 10.1. The van der Waals surface area contributed by atoms with Crippen LogP contribution in [0, 0.1) is 0 Å². The van der Waals surface area contributed by atoms with Crippen LogP contribution in [0.2, 0.25) is 5.02 Å². The number of unbranched alkanes of at least 4 members (excludes halogenated alkanes) is 1. The number of hydrogen-bond donors (Lipinski definition) is 1. The highest BCUT2D eigenvalue weighted by molar-refractivity contribution is 6.31. The average molecular weight is 509 g/mol. The number of tetrazole rings is 1. The maximum Gasteiger partial charge on any atom is 0.345 e. The predicted octanol–water partition coefficient (Wildman–Crippen LogP) is 3.76. The fourth-order valence-corrected chi connectivity index (χ4v) is 3.93. The van der Waals surface area contributed by atoms with Crippen LogP contribution < -0.4 is 10.3 Å². The van der Waals surface area contributed by atoms with Gasteiger partial charge in [-0.2, -0.15) is 0 Å². The molecule has 1 N–H and O–H groups in total. The van der Waals surface area contributed by atoms with Crippen LogP contribution in [0.3, 0.4) is 0 Å². The zero-order chi connectivity index (χ0) is 25.5. The molecule has 0 radical (unpaired) electrons. The van der Waals surface area contributed by atoms with Crippen molar-refractivity contribution in [3.63, 3.8) is 0 Å². The topological polar surface area (TPSA) is 125 Å². The zero-order valence-electron chi connectivity index (χ0n) is 19.8. The van der Waals surface area contributed by atoms with Gasteiger partial charge in [0, 0.05) is 23.2 Å². The van der Waals surface area contributed by atoms with E-state index in [4.69, 9.17) is 21.1 Å². The van der Waals surface area contributed by atoms with E-state index in [0.29, 0.717) is 34.4 Å². The molecule has 0 spiro atoms. The molecule has 11 heteroatoms. The molecule has 0 aliphatic rings. The molecule has 0 aliphatic heterocycles. The first-order valence-electron chi connectivity index (χ1n) is 11.4. The number of aryl methyl sites for hydroxylation is 1. The van der Waals surface area contributed by atoms with Crippen LogP contribution in [-0.2, 0) is 17.7 Å². The van der Waals surface area contributed by atoms with Gasteiger partial charge in [0.2, 0.25) is 0 Å². The number of carbonyl (C=O) groups excluding carboxylic acids is 1. The van der Waals surface area contributed by atoms with E-state index in [9.17, 15) is 9.59 Å². The molecule has 0 saturated heterocycles. The molecule has 2 aromatic heterocycles. The van der Waals surface area contributed by atoms with Crippen molar-refractivity contribution in [2.24, 2.45) is 0 Å². The van der Waals surface area contributed by atoms with Gasteiger partial charge >= 0.3 is 5.97 Å². The largest absolute Gasteiger partial charge is 0.478 e. The number of aromatic amines is 1. The molecule has 2 heterocycles. The van der Waals surface area contributed by atoms with E-state index in [2.05, 4.69) is 32.5 Å². The molecular formula is C25H25ClN6O4. The van der Waals surface area contributed by atoms with Crippen molar-refractivity contribution in [2.75, 3.05) is 7.11 Å². The van der Waals surface area contributed by atoms with Gasteiger partial charge in [-0.25, -0.2) is 14.9 Å². The number of H-pyrrole nitrogens is 1. The summed E-state index contributed by atoms with van der Waals surface area (Å²) in [4.78, 5) is 29.5. The summed E-state index contributed by atoms with van der Waals surface area (Å²) in [6.07, 6.45) is 3.09. The predicted molar refractivity (Wildman–Crippen MR) is 132 cm³/mol. The highest BCUT2D eigenvalue weighted by atomic mass is 35.5. The third-order valence-corrected chi connectivity index (χ3v) is 5.95. The quantitative estimate of drug-likeness (QED) is 0.321. The van der Waals surface area contributed by atoms with E-state index in [1.807, 2.05) is 30.3 Å². The lowest BCUT2D eigenvalue weighted by molar-refractivity contribution is 0.0597. The number of esters is 1. The van der Waals surface area contributed by atoms with Crippen molar-refractivity contribution in [3.05, 3.63) is 98.4 Å². The molecule has 0 bridgehead atoms. The number of rotatable bonds is 10. The standard InChI is InChI=1S/C25H25ClN6O4/c1-3-4-9-21-27-14-19(25(34)35-2)24(33)32(21)15-16-10-12-17(13-11-16)36-22(23-28-30-31-29-23)18-7-5-6-8-20(18)26/h5-8,10-14,22H,3-4,9,15H2,1-2H3,(H,28,29,30,31). The Hall–Kier alpha value is -4.05. The first kappa shape index (κ1) is 25.1. The molecule has 4 rings (SSSR count). The Bertz CT molecular complexity index is 1370. The van der Waals surface area contributed by atoms with Gasteiger partial charge in [0.1, 0.15) is 17.1 Å².